The molecule has 1 saturated carbocycles. The Bertz CT molecular complexity index is 2020. The van der Waals surface area contributed by atoms with Crippen LogP contribution in [0, 0.1) is 17.0 Å². The van der Waals surface area contributed by atoms with Crippen molar-refractivity contribution in [2.75, 3.05) is 33.4 Å². The first kappa shape index (κ1) is 40.5. The van der Waals surface area contributed by atoms with Crippen molar-refractivity contribution in [3.8, 4) is 17.2 Å². The highest BCUT2D eigenvalue weighted by atomic mass is 35.5. The third-order valence-corrected chi connectivity index (χ3v) is 11.3. The van der Waals surface area contributed by atoms with Gasteiger partial charge in [0.1, 0.15) is 34.0 Å². The summed E-state index contributed by atoms with van der Waals surface area (Å²) >= 11 is 12.9. The summed E-state index contributed by atoms with van der Waals surface area (Å²) in [5.74, 6) is 0.113. The van der Waals surface area contributed by atoms with Gasteiger partial charge in [-0.05, 0) is 104 Å². The average molecular weight is 827 g/mol. The number of esters is 2. The van der Waals surface area contributed by atoms with Crippen molar-refractivity contribution >= 4 is 35.1 Å². The van der Waals surface area contributed by atoms with Gasteiger partial charge in [0.2, 0.25) is 0 Å². The number of piperidine rings is 3. The zero-order valence-corrected chi connectivity index (χ0v) is 32.7. The van der Waals surface area contributed by atoms with E-state index >= 15 is 0 Å². The maximum Gasteiger partial charge on any atom is 0.387 e. The number of fused-ring (bicyclic) bond motifs is 3. The number of nitrogens with one attached hydrogen (secondary N) is 1. The zero-order valence-electron chi connectivity index (χ0n) is 31.2. The lowest BCUT2D eigenvalue weighted by molar-refractivity contribution is -0.605. The molecule has 1 aromatic heterocycles. The Labute approximate surface area is 339 Å². The van der Waals surface area contributed by atoms with Crippen molar-refractivity contribution in [3.05, 3.63) is 122 Å². The van der Waals surface area contributed by atoms with Crippen LogP contribution in [0.15, 0.2) is 79.1 Å². The van der Waals surface area contributed by atoms with Crippen LogP contribution >= 0.6 is 23.2 Å². The molecule has 0 amide bonds. The maximum absolute atomic E-state index is 13.9. The number of benzene rings is 3. The van der Waals surface area contributed by atoms with E-state index in [0.29, 0.717) is 51.2 Å². The van der Waals surface area contributed by atoms with Gasteiger partial charge in [-0.15, -0.1) is 0 Å². The van der Waals surface area contributed by atoms with Crippen molar-refractivity contribution in [2.24, 2.45) is 11.8 Å². The van der Waals surface area contributed by atoms with Crippen LogP contribution in [0.25, 0.3) is 0 Å². The molecule has 4 aliphatic rings. The molecule has 15 heteroatoms. The maximum atomic E-state index is 13.9. The molecule has 11 nitrogen and oxygen atoms in total. The highest BCUT2D eigenvalue weighted by molar-refractivity contribution is 6.35. The number of pyridine rings is 1. The Morgan fingerprint density at radius 2 is 1.67 bits per heavy atom. The minimum absolute atomic E-state index is 0.0490. The quantitative estimate of drug-likeness (QED) is 0.0646. The van der Waals surface area contributed by atoms with Crippen LogP contribution in [-0.2, 0) is 27.2 Å². The number of hydrogen-bond acceptors (Lipinski definition) is 10. The highest BCUT2D eigenvalue weighted by Gasteiger charge is 2.38. The molecular formula is C42H43Cl2F2N3O8. The predicted octanol–water partition coefficient (Wildman–Crippen LogP) is 7.63. The number of hydrogen-bond donors (Lipinski definition) is 1. The number of halogens is 4. The number of alkyl halides is 2. The molecule has 3 aromatic carbocycles. The zero-order chi connectivity index (χ0) is 40.1. The van der Waals surface area contributed by atoms with Gasteiger partial charge in [-0.2, -0.15) is 13.5 Å². The number of aromatic nitrogens is 1. The van der Waals surface area contributed by atoms with Crippen molar-refractivity contribution in [3.63, 3.8) is 0 Å². The largest absolute Gasteiger partial charge is 0.619 e. The molecule has 0 radical (unpaired) electrons. The molecule has 4 aromatic rings. The van der Waals surface area contributed by atoms with E-state index in [4.69, 9.17) is 46.9 Å². The summed E-state index contributed by atoms with van der Waals surface area (Å²) in [5, 5.41) is 15.4. The van der Waals surface area contributed by atoms with Crippen LogP contribution in [0.3, 0.4) is 0 Å². The molecule has 3 aliphatic heterocycles. The van der Waals surface area contributed by atoms with Crippen LogP contribution in [0.1, 0.15) is 70.4 Å². The Kier molecular flexibility index (Phi) is 13.0. The molecule has 2 bridgehead atoms. The fourth-order valence-electron chi connectivity index (χ4n) is 7.28. The molecular weight excluding hydrogens is 783 g/mol. The molecule has 0 spiro atoms. The third kappa shape index (κ3) is 10.4. The Morgan fingerprint density at radius 3 is 2.32 bits per heavy atom. The van der Waals surface area contributed by atoms with E-state index < -0.39 is 24.7 Å². The summed E-state index contributed by atoms with van der Waals surface area (Å²) in [4.78, 5) is 30.0. The van der Waals surface area contributed by atoms with E-state index in [1.165, 1.54) is 18.2 Å². The number of ether oxygens (including phenoxy) is 5. The molecule has 4 fully saturated rings. The monoisotopic (exact) mass is 825 g/mol. The van der Waals surface area contributed by atoms with E-state index in [2.05, 4.69) is 10.2 Å². The summed E-state index contributed by atoms with van der Waals surface area (Å²) < 4.78 is 55.3. The molecule has 1 aliphatic carbocycles. The van der Waals surface area contributed by atoms with Crippen LogP contribution in [-0.4, -0.2) is 62.9 Å². The van der Waals surface area contributed by atoms with Crippen LogP contribution in [0.4, 0.5) is 8.78 Å². The molecule has 2 unspecified atom stereocenters. The van der Waals surface area contributed by atoms with Crippen molar-refractivity contribution in [2.45, 2.75) is 63.5 Å². The van der Waals surface area contributed by atoms with Crippen molar-refractivity contribution in [1.29, 1.82) is 0 Å². The van der Waals surface area contributed by atoms with E-state index in [-0.39, 0.29) is 52.1 Å². The Morgan fingerprint density at radius 1 is 0.947 bits per heavy atom. The van der Waals surface area contributed by atoms with Gasteiger partial charge < -0.3 is 28.9 Å². The normalized spacial score (nSPS) is 19.8. The van der Waals surface area contributed by atoms with Gasteiger partial charge in [-0.1, -0.05) is 53.5 Å². The van der Waals surface area contributed by atoms with Gasteiger partial charge in [0, 0.05) is 25.1 Å². The summed E-state index contributed by atoms with van der Waals surface area (Å²) in [6.45, 7) is 0.190. The molecule has 8 rings (SSSR count). The average Bonchev–Trinajstić information content (AvgIpc) is 4.04. The second-order valence-corrected chi connectivity index (χ2v) is 15.4. The smallest absolute Gasteiger partial charge is 0.387 e. The lowest BCUT2D eigenvalue weighted by Gasteiger charge is -2.44. The van der Waals surface area contributed by atoms with E-state index in [0.717, 1.165) is 57.7 Å². The second-order valence-electron chi connectivity index (χ2n) is 14.6. The van der Waals surface area contributed by atoms with Crippen LogP contribution in [0.2, 0.25) is 10.0 Å². The summed E-state index contributed by atoms with van der Waals surface area (Å²) in [5.41, 5.74) is 2.33. The van der Waals surface area contributed by atoms with E-state index in [9.17, 15) is 23.6 Å². The van der Waals surface area contributed by atoms with Gasteiger partial charge >= 0.3 is 18.6 Å². The minimum Gasteiger partial charge on any atom is -0.619 e. The Hall–Kier alpha value is -4.69. The predicted molar refractivity (Wildman–Crippen MR) is 207 cm³/mol. The Balaban J connectivity index is 1.11. The van der Waals surface area contributed by atoms with Crippen molar-refractivity contribution in [1.82, 2.24) is 10.2 Å². The van der Waals surface area contributed by atoms with Gasteiger partial charge in [-0.25, -0.2) is 9.59 Å². The first-order valence-corrected chi connectivity index (χ1v) is 19.7. The fraction of sp³-hybridized carbons (Fsp3) is 0.405. The van der Waals surface area contributed by atoms with Gasteiger partial charge in [0.15, 0.2) is 23.9 Å². The number of rotatable bonds is 17. The van der Waals surface area contributed by atoms with Gasteiger partial charge in [-0.3, -0.25) is 10.2 Å². The fourth-order valence-corrected chi connectivity index (χ4v) is 7.88. The number of carbonyl (C=O) groups is 2. The number of carbonyl (C=O) groups excluding carboxylic acids is 2. The first-order chi connectivity index (χ1) is 27.5. The van der Waals surface area contributed by atoms with E-state index in [1.807, 2.05) is 18.2 Å². The lowest BCUT2D eigenvalue weighted by atomic mass is 9.86. The van der Waals surface area contributed by atoms with Gasteiger partial charge in [0.25, 0.3) is 0 Å². The molecule has 57 heavy (non-hydrogen) atoms. The van der Waals surface area contributed by atoms with E-state index in [1.54, 1.807) is 37.4 Å². The molecule has 1 N–H and O–H groups in total. The van der Waals surface area contributed by atoms with Crippen LogP contribution < -0.4 is 24.3 Å². The van der Waals surface area contributed by atoms with Crippen molar-refractivity contribution < 1.29 is 46.8 Å². The van der Waals surface area contributed by atoms with Gasteiger partial charge in [0.05, 0.1) is 19.3 Å². The minimum atomic E-state index is -3.09. The lowest BCUT2D eigenvalue weighted by Crippen LogP contribution is -2.52. The summed E-state index contributed by atoms with van der Waals surface area (Å²) in [7, 11) is 1.57. The molecule has 302 valence electrons. The summed E-state index contributed by atoms with van der Waals surface area (Å²) in [6.07, 6.45) is 4.91. The van der Waals surface area contributed by atoms with Crippen LogP contribution in [0.5, 0.6) is 17.2 Å². The molecule has 4 heterocycles. The second kappa shape index (κ2) is 18.3. The SMILES string of the molecule is COc1ccc(C(NCc2cccc(C(=O)OC(Cc3c(Cl)c[n+]([O-])cc3Cl)c3ccc(OC(F)F)c(OCC4CC4)c3)c2)C(=O)O[C@H]2CN3CCC2CC3)cc1. The first-order valence-electron chi connectivity index (χ1n) is 18.9. The number of methoxy groups -OCH3 is 1. The third-order valence-electron chi connectivity index (χ3n) is 10.6. The number of nitrogens with zero attached hydrogens (tertiary/aromatic N) is 2. The molecule has 3 saturated heterocycles. The highest BCUT2D eigenvalue weighted by Crippen LogP contribution is 2.38. The molecule has 3 atom stereocenters. The standard InChI is InChI=1S/C42H43Cl2F2N3O8/c1-53-31-10-7-28(8-11-31)39(41(51)56-38-23-48-15-13-27(38)14-16-48)47-20-26-3-2-4-30(17-26)40(50)55-36(19-32-33(43)21-49(52)22-34(32)44)29-9-12-35(57-42(45)46)37(18-29)54-24-25-5-6-25/h2-4,7-12,17-18,21-22,25,27,36,38-39,42,47H,5-6,13-16,19-20,23-24H2,1H3/t36?,38-,39?/m0/s1. The topological polar surface area (TPSA) is 122 Å². The summed E-state index contributed by atoms with van der Waals surface area (Å²) in [6, 6.07) is 17.5.